The largest absolute Gasteiger partial charge is 0.481 e. The zero-order valence-electron chi connectivity index (χ0n) is 12.7. The summed E-state index contributed by atoms with van der Waals surface area (Å²) in [4.78, 5) is 36.6. The Hall–Kier alpha value is -2.28. The highest BCUT2D eigenvalue weighted by molar-refractivity contribution is 5.72. The van der Waals surface area contributed by atoms with Crippen LogP contribution < -0.4 is 24.2 Å². The minimum Gasteiger partial charge on any atom is -0.481 e. The Labute approximate surface area is 122 Å². The molecule has 0 aliphatic rings. The highest BCUT2D eigenvalue weighted by Crippen LogP contribution is 1.68. The van der Waals surface area contributed by atoms with Crippen molar-refractivity contribution >= 4 is 23.9 Å². The predicted octanol–water partition coefficient (Wildman–Crippen LogP) is 0.177. The van der Waals surface area contributed by atoms with Crippen molar-refractivity contribution < 1.29 is 39.6 Å². The highest BCUT2D eigenvalue weighted by atomic mass is 16.4. The van der Waals surface area contributed by atoms with Gasteiger partial charge in [0, 0.05) is 20.8 Å². The van der Waals surface area contributed by atoms with Crippen LogP contribution in [0, 0.1) is 0 Å². The van der Waals surface area contributed by atoms with E-state index in [2.05, 4.69) is 0 Å². The van der Waals surface area contributed by atoms with Crippen LogP contribution in [0.2, 0.25) is 0 Å². The Morgan fingerprint density at radius 2 is 0.762 bits per heavy atom. The zero-order chi connectivity index (χ0) is 15.9. The second-order valence-corrected chi connectivity index (χ2v) is 2.68. The fourth-order valence-corrected chi connectivity index (χ4v) is 0. The van der Waals surface area contributed by atoms with Crippen LogP contribution in [-0.4, -0.2) is 50.3 Å². The van der Waals surface area contributed by atoms with Gasteiger partial charge in [0.2, 0.25) is 0 Å². The van der Waals surface area contributed by atoms with E-state index in [4.69, 9.17) is 40.5 Å². The van der Waals surface area contributed by atoms with Crippen molar-refractivity contribution in [1.82, 2.24) is 18.5 Å². The molecular formula is C9H28N4O8. The van der Waals surface area contributed by atoms with E-state index in [1.807, 2.05) is 0 Å². The van der Waals surface area contributed by atoms with Crippen LogP contribution in [0.15, 0.2) is 0 Å². The molecule has 1 atom stereocenters. The molecule has 0 radical (unpaired) electrons. The molecule has 0 aromatic carbocycles. The Morgan fingerprint density at radius 3 is 0.762 bits per heavy atom. The summed E-state index contributed by atoms with van der Waals surface area (Å²) in [5.74, 6) is -3.46. The molecule has 0 bridgehead atoms. The third-order valence-electron chi connectivity index (χ3n) is 0.390. The summed E-state index contributed by atoms with van der Waals surface area (Å²) in [5, 5.41) is 30.1. The lowest BCUT2D eigenvalue weighted by Gasteiger charge is -1.90. The van der Waals surface area contributed by atoms with Crippen molar-refractivity contribution in [2.24, 2.45) is 5.73 Å². The van der Waals surface area contributed by atoms with E-state index < -0.39 is 29.9 Å². The number of rotatable bonds is 1. The van der Waals surface area contributed by atoms with Gasteiger partial charge in [-0.2, -0.15) is 0 Å². The van der Waals surface area contributed by atoms with Crippen molar-refractivity contribution in [2.75, 3.05) is 0 Å². The summed E-state index contributed by atoms with van der Waals surface area (Å²) in [6.45, 7) is 4.67. The van der Waals surface area contributed by atoms with Crippen LogP contribution in [0.25, 0.3) is 0 Å². The molecule has 0 spiro atoms. The van der Waals surface area contributed by atoms with E-state index in [1.165, 1.54) is 6.92 Å². The Kier molecular flexibility index (Phi) is 62.4. The third kappa shape index (κ3) is 1480. The molecule has 1 unspecified atom stereocenters. The van der Waals surface area contributed by atoms with Crippen molar-refractivity contribution in [3.8, 4) is 0 Å². The first-order valence-electron chi connectivity index (χ1n) is 4.41. The van der Waals surface area contributed by atoms with E-state index in [0.29, 0.717) is 0 Å². The summed E-state index contributed by atoms with van der Waals surface area (Å²) in [7, 11) is 0. The summed E-state index contributed by atoms with van der Waals surface area (Å²) in [6.07, 6.45) is 0. The maximum Gasteiger partial charge on any atom is 0.320 e. The van der Waals surface area contributed by atoms with Crippen LogP contribution in [0.4, 0.5) is 0 Å². The van der Waals surface area contributed by atoms with Crippen LogP contribution >= 0.6 is 0 Å². The van der Waals surface area contributed by atoms with Gasteiger partial charge in [-0.1, -0.05) is 0 Å². The molecule has 0 rings (SSSR count). The maximum absolute atomic E-state index is 9.57. The van der Waals surface area contributed by atoms with E-state index in [9.17, 15) is 4.79 Å². The molecule has 0 saturated heterocycles. The standard InChI is InChI=1S/C3H7NO2.3C2H4O2.3H3N/c1-2(4)3(5)6;3*1-2(3)4;;;/h2H,4H2,1H3,(H,5,6);3*1H3,(H,3,4);3*1H3. The number of hydrogen-bond acceptors (Lipinski definition) is 8. The number of carbonyl (C=O) groups is 4. The molecular weight excluding hydrogens is 292 g/mol. The first kappa shape index (κ1) is 42.8. The Balaban J connectivity index is -0.0000000242. The lowest BCUT2D eigenvalue weighted by Crippen LogP contribution is -2.25. The molecule has 0 aromatic rings. The van der Waals surface area contributed by atoms with E-state index in [1.54, 1.807) is 0 Å². The number of carboxylic acid groups (broad SMARTS) is 4. The average Bonchev–Trinajstić information content (AvgIpc) is 1.99. The maximum atomic E-state index is 9.57. The lowest BCUT2D eigenvalue weighted by atomic mass is 10.4. The first-order chi connectivity index (χ1) is 7.84. The molecule has 12 nitrogen and oxygen atoms in total. The predicted molar refractivity (Wildman–Crippen MR) is 76.3 cm³/mol. The zero-order valence-corrected chi connectivity index (χ0v) is 12.7. The van der Waals surface area contributed by atoms with Crippen LogP contribution in [0.3, 0.4) is 0 Å². The van der Waals surface area contributed by atoms with Crippen LogP contribution in [-0.2, 0) is 19.2 Å². The highest BCUT2D eigenvalue weighted by Gasteiger charge is 1.99. The lowest BCUT2D eigenvalue weighted by molar-refractivity contribution is -0.138. The smallest absolute Gasteiger partial charge is 0.320 e. The van der Waals surface area contributed by atoms with Gasteiger partial charge in [0.05, 0.1) is 0 Å². The molecule has 0 heterocycles. The average molecular weight is 320 g/mol. The minimum absolute atomic E-state index is 0. The van der Waals surface area contributed by atoms with Crippen molar-refractivity contribution in [3.05, 3.63) is 0 Å². The Morgan fingerprint density at radius 1 is 0.714 bits per heavy atom. The number of hydrogen-bond donors (Lipinski definition) is 8. The summed E-state index contributed by atoms with van der Waals surface area (Å²) >= 11 is 0. The minimum atomic E-state index is -0.963. The van der Waals surface area contributed by atoms with Crippen molar-refractivity contribution in [3.63, 3.8) is 0 Å². The molecule has 15 N–H and O–H groups in total. The third-order valence-corrected chi connectivity index (χ3v) is 0.390. The molecule has 0 saturated carbocycles. The number of aliphatic carboxylic acids is 4. The SMILES string of the molecule is CC(=O)O.CC(=O)O.CC(=O)O.CC(N)C(=O)O.N.N.N. The van der Waals surface area contributed by atoms with Gasteiger partial charge in [0.25, 0.3) is 17.9 Å². The molecule has 0 aliphatic heterocycles. The van der Waals surface area contributed by atoms with Crippen LogP contribution in [0.1, 0.15) is 27.7 Å². The molecule has 132 valence electrons. The van der Waals surface area contributed by atoms with Crippen LogP contribution in [0.5, 0.6) is 0 Å². The second kappa shape index (κ2) is 30.6. The van der Waals surface area contributed by atoms with Gasteiger partial charge in [-0.3, -0.25) is 19.2 Å². The van der Waals surface area contributed by atoms with Gasteiger partial charge < -0.3 is 44.6 Å². The number of carboxylic acids is 4. The first-order valence-corrected chi connectivity index (χ1v) is 4.41. The van der Waals surface area contributed by atoms with Crippen molar-refractivity contribution in [1.29, 1.82) is 0 Å². The number of nitrogens with two attached hydrogens (primary N) is 1. The van der Waals surface area contributed by atoms with Gasteiger partial charge in [-0.05, 0) is 6.92 Å². The van der Waals surface area contributed by atoms with E-state index in [0.717, 1.165) is 20.8 Å². The van der Waals surface area contributed by atoms with Gasteiger partial charge in [0.1, 0.15) is 6.04 Å². The normalized spacial score (nSPS) is 7.48. The molecule has 0 aromatic heterocycles. The molecule has 0 fully saturated rings. The summed E-state index contributed by atoms with van der Waals surface area (Å²) in [6, 6.07) is -0.731. The topological polar surface area (TPSA) is 280 Å². The molecule has 0 amide bonds. The van der Waals surface area contributed by atoms with Gasteiger partial charge in [-0.15, -0.1) is 0 Å². The summed E-state index contributed by atoms with van der Waals surface area (Å²) < 4.78 is 0. The summed E-state index contributed by atoms with van der Waals surface area (Å²) in [5.41, 5.74) is 4.84. The molecule has 12 heteroatoms. The Bertz CT molecular complexity index is 230. The van der Waals surface area contributed by atoms with Gasteiger partial charge in [0.15, 0.2) is 0 Å². The van der Waals surface area contributed by atoms with E-state index >= 15 is 0 Å². The molecule has 0 aliphatic carbocycles. The fraction of sp³-hybridized carbons (Fsp3) is 0.556. The quantitative estimate of drug-likeness (QED) is 0.321. The molecule has 21 heavy (non-hydrogen) atoms. The monoisotopic (exact) mass is 320 g/mol. The second-order valence-electron chi connectivity index (χ2n) is 2.68. The fourth-order valence-electron chi connectivity index (χ4n) is 0. The van der Waals surface area contributed by atoms with Crippen molar-refractivity contribution in [2.45, 2.75) is 33.7 Å². The van der Waals surface area contributed by atoms with E-state index in [-0.39, 0.29) is 18.5 Å². The van der Waals surface area contributed by atoms with Gasteiger partial charge >= 0.3 is 5.97 Å². The van der Waals surface area contributed by atoms with Gasteiger partial charge in [-0.25, -0.2) is 0 Å².